The first kappa shape index (κ1) is 32.9. The summed E-state index contributed by atoms with van der Waals surface area (Å²) in [6.07, 6.45) is -5.19. The number of halogens is 6. The van der Waals surface area contributed by atoms with Crippen molar-refractivity contribution in [2.45, 2.75) is 25.4 Å². The van der Waals surface area contributed by atoms with Crippen LogP contribution in [0.25, 0.3) is 21.8 Å². The van der Waals surface area contributed by atoms with Crippen molar-refractivity contribution in [3.63, 3.8) is 0 Å². The molecule has 6 aromatic rings. The number of ether oxygens (including phenoxy) is 1. The number of methoxy groups -OCH3 is 1. The summed E-state index contributed by atoms with van der Waals surface area (Å²) in [6.45, 7) is 0.654. The van der Waals surface area contributed by atoms with E-state index in [4.69, 9.17) is 4.74 Å². The normalized spacial score (nSPS) is 11.7. The van der Waals surface area contributed by atoms with E-state index >= 15 is 0 Å². The Bertz CT molecular complexity index is 2040. The quantitative estimate of drug-likeness (QED) is 0.144. The Labute approximate surface area is 264 Å². The van der Waals surface area contributed by atoms with Gasteiger partial charge in [0.2, 0.25) is 0 Å². The number of nitrogens with zero attached hydrogens (tertiary/aromatic N) is 2. The Morgan fingerprint density at radius 1 is 0.617 bits per heavy atom. The summed E-state index contributed by atoms with van der Waals surface area (Å²) in [5, 5.41) is 10.9. The van der Waals surface area contributed by atoms with E-state index in [-0.39, 0.29) is 5.56 Å². The van der Waals surface area contributed by atoms with Gasteiger partial charge in [0.15, 0.2) is 0 Å². The zero-order valence-electron chi connectivity index (χ0n) is 24.6. The number of benzene rings is 4. The van der Waals surface area contributed by atoms with Crippen LogP contribution in [0.2, 0.25) is 0 Å². The molecule has 0 saturated heterocycles. The van der Waals surface area contributed by atoms with E-state index in [2.05, 4.69) is 0 Å². The minimum atomic E-state index is -4.37. The molecule has 0 aliphatic heterocycles. The molecule has 12 heteroatoms. The Kier molecular flexibility index (Phi) is 9.14. The number of aromatic carboxylic acids is 1. The van der Waals surface area contributed by atoms with Crippen molar-refractivity contribution >= 4 is 33.7 Å². The Morgan fingerprint density at radius 2 is 1.02 bits per heavy atom. The van der Waals surface area contributed by atoms with E-state index in [1.54, 1.807) is 47.3 Å². The number of para-hydroxylation sites is 2. The van der Waals surface area contributed by atoms with Crippen molar-refractivity contribution in [3.8, 4) is 0 Å². The molecule has 0 bridgehead atoms. The number of alkyl halides is 6. The number of aromatic nitrogens is 2. The van der Waals surface area contributed by atoms with Gasteiger partial charge in [0.25, 0.3) is 0 Å². The molecule has 242 valence electrons. The van der Waals surface area contributed by atoms with Gasteiger partial charge in [-0.1, -0.05) is 48.5 Å². The Hall–Kier alpha value is -5.52. The van der Waals surface area contributed by atoms with Crippen molar-refractivity contribution < 1.29 is 45.8 Å². The van der Waals surface area contributed by atoms with Crippen LogP contribution in [0, 0.1) is 0 Å². The van der Waals surface area contributed by atoms with Gasteiger partial charge >= 0.3 is 24.3 Å². The second-order valence-corrected chi connectivity index (χ2v) is 10.6. The van der Waals surface area contributed by atoms with Crippen molar-refractivity contribution in [2.75, 3.05) is 7.11 Å². The average molecular weight is 653 g/mol. The number of hydrogen-bond donors (Lipinski definition) is 1. The van der Waals surface area contributed by atoms with Crippen molar-refractivity contribution in [2.24, 2.45) is 0 Å². The SMILES string of the molecule is COC(=O)c1cccc2ccn(Cc3ccc(C(F)(F)F)cc3)c12.O=C(O)c1cccc2ccn(Cc3ccc(C(F)(F)F)cc3)c12. The predicted octanol–water partition coefficient (Wildman–Crippen LogP) is 8.90. The van der Waals surface area contributed by atoms with Crippen LogP contribution in [0.1, 0.15) is 43.0 Å². The molecule has 2 aromatic heterocycles. The van der Waals surface area contributed by atoms with E-state index in [1.807, 2.05) is 16.7 Å². The van der Waals surface area contributed by atoms with Gasteiger partial charge in [0.05, 0.1) is 40.4 Å². The number of carbonyl (C=O) groups is 2. The first-order chi connectivity index (χ1) is 22.3. The van der Waals surface area contributed by atoms with Gasteiger partial charge in [-0.3, -0.25) is 0 Å². The third-order valence-corrected chi connectivity index (χ3v) is 7.48. The molecule has 1 N–H and O–H groups in total. The van der Waals surface area contributed by atoms with Crippen LogP contribution in [0.3, 0.4) is 0 Å². The smallest absolute Gasteiger partial charge is 0.416 e. The first-order valence-electron chi connectivity index (χ1n) is 14.1. The topological polar surface area (TPSA) is 73.5 Å². The van der Waals surface area contributed by atoms with E-state index in [0.717, 1.165) is 35.0 Å². The third-order valence-electron chi connectivity index (χ3n) is 7.48. The van der Waals surface area contributed by atoms with Gasteiger partial charge < -0.3 is 19.0 Å². The number of hydrogen-bond acceptors (Lipinski definition) is 3. The highest BCUT2D eigenvalue weighted by molar-refractivity contribution is 6.03. The van der Waals surface area contributed by atoms with E-state index < -0.39 is 35.4 Å². The molecule has 0 aliphatic carbocycles. The second-order valence-electron chi connectivity index (χ2n) is 10.6. The molecule has 4 aromatic carbocycles. The van der Waals surface area contributed by atoms with Crippen LogP contribution in [0.5, 0.6) is 0 Å². The lowest BCUT2D eigenvalue weighted by atomic mass is 10.1. The lowest BCUT2D eigenvalue weighted by Crippen LogP contribution is -2.07. The van der Waals surface area contributed by atoms with Crippen LogP contribution >= 0.6 is 0 Å². The molecule has 0 amide bonds. The van der Waals surface area contributed by atoms with Gasteiger partial charge in [-0.2, -0.15) is 26.3 Å². The van der Waals surface area contributed by atoms with Crippen molar-refractivity contribution in [1.29, 1.82) is 0 Å². The second kappa shape index (κ2) is 13.1. The van der Waals surface area contributed by atoms with Crippen LogP contribution < -0.4 is 0 Å². The summed E-state index contributed by atoms with van der Waals surface area (Å²) in [5.41, 5.74) is 1.83. The first-order valence-corrected chi connectivity index (χ1v) is 14.1. The molecule has 0 unspecified atom stereocenters. The molecule has 0 fully saturated rings. The number of esters is 1. The summed E-state index contributed by atoms with van der Waals surface area (Å²) in [7, 11) is 1.31. The molecule has 0 saturated carbocycles. The molecule has 47 heavy (non-hydrogen) atoms. The molecule has 0 spiro atoms. The standard InChI is InChI=1S/C18H14F3NO2.C17H12F3NO2/c1-24-17(23)15-4-2-3-13-9-10-22(16(13)15)11-12-5-7-14(8-6-12)18(19,20)21;18-17(19,20)13-6-4-11(5-7-13)10-21-9-8-12-2-1-3-14(15(12)21)16(22)23/h2-10H,11H2,1H3;1-9H,10H2,(H,22,23). The maximum Gasteiger partial charge on any atom is 0.416 e. The van der Waals surface area contributed by atoms with Gasteiger partial charge in [-0.05, 0) is 59.7 Å². The number of fused-ring (bicyclic) bond motifs is 2. The highest BCUT2D eigenvalue weighted by Gasteiger charge is 2.30. The number of carboxylic acids is 1. The Morgan fingerprint density at radius 3 is 1.40 bits per heavy atom. The summed E-state index contributed by atoms with van der Waals surface area (Å²) in [5.74, 6) is -1.49. The predicted molar refractivity (Wildman–Crippen MR) is 163 cm³/mol. The van der Waals surface area contributed by atoms with E-state index in [1.165, 1.54) is 37.4 Å². The lowest BCUT2D eigenvalue weighted by Gasteiger charge is -2.11. The molecule has 6 nitrogen and oxygen atoms in total. The summed E-state index contributed by atoms with van der Waals surface area (Å²) >= 11 is 0. The summed E-state index contributed by atoms with van der Waals surface area (Å²) < 4.78 is 84.0. The van der Waals surface area contributed by atoms with Gasteiger partial charge in [0.1, 0.15) is 0 Å². The van der Waals surface area contributed by atoms with Crippen molar-refractivity contribution in [1.82, 2.24) is 9.13 Å². The van der Waals surface area contributed by atoms with Crippen LogP contribution in [-0.4, -0.2) is 33.3 Å². The lowest BCUT2D eigenvalue weighted by molar-refractivity contribution is -0.138. The minimum Gasteiger partial charge on any atom is -0.478 e. The molecule has 2 heterocycles. The zero-order chi connectivity index (χ0) is 33.9. The van der Waals surface area contributed by atoms with E-state index in [0.29, 0.717) is 40.8 Å². The fraction of sp³-hybridized carbons (Fsp3) is 0.143. The fourth-order valence-electron chi connectivity index (χ4n) is 5.22. The largest absolute Gasteiger partial charge is 0.478 e. The van der Waals surface area contributed by atoms with Crippen LogP contribution in [0.15, 0.2) is 109 Å². The van der Waals surface area contributed by atoms with Crippen LogP contribution in [0.4, 0.5) is 26.3 Å². The highest BCUT2D eigenvalue weighted by Crippen LogP contribution is 2.31. The summed E-state index contributed by atoms with van der Waals surface area (Å²) in [4.78, 5) is 23.3. The molecular weight excluding hydrogens is 626 g/mol. The molecule has 0 aliphatic rings. The number of carbonyl (C=O) groups excluding carboxylic acids is 1. The molecule has 0 atom stereocenters. The summed E-state index contributed by atoms with van der Waals surface area (Å²) in [6, 6.07) is 23.7. The maximum atomic E-state index is 12.6. The van der Waals surface area contributed by atoms with Crippen molar-refractivity contribution in [3.05, 3.63) is 143 Å². The molecule has 0 radical (unpaired) electrons. The fourth-order valence-corrected chi connectivity index (χ4v) is 5.22. The molecular formula is C35H26F6N2O4. The average Bonchev–Trinajstić information content (AvgIpc) is 3.64. The Balaban J connectivity index is 0.000000185. The van der Waals surface area contributed by atoms with Gasteiger partial charge in [-0.25, -0.2) is 9.59 Å². The maximum absolute atomic E-state index is 12.6. The molecule has 6 rings (SSSR count). The van der Waals surface area contributed by atoms with E-state index in [9.17, 15) is 41.0 Å². The monoisotopic (exact) mass is 652 g/mol. The van der Waals surface area contributed by atoms with Crippen LogP contribution in [-0.2, 0) is 30.2 Å². The van der Waals surface area contributed by atoms with Gasteiger partial charge in [-0.15, -0.1) is 0 Å². The minimum absolute atomic E-state index is 0.166. The number of rotatable bonds is 6. The highest BCUT2D eigenvalue weighted by atomic mass is 19.4. The number of carboxylic acid groups (broad SMARTS) is 1. The zero-order valence-corrected chi connectivity index (χ0v) is 24.6. The van der Waals surface area contributed by atoms with Gasteiger partial charge in [0, 0.05) is 36.3 Å². The third kappa shape index (κ3) is 7.32.